The number of unbranched alkanes of at least 4 members (excludes halogenated alkanes) is 2. The molecule has 0 aliphatic carbocycles. The Morgan fingerprint density at radius 2 is 1.77 bits per heavy atom. The number of methoxy groups -OCH3 is 1. The van der Waals surface area contributed by atoms with E-state index in [1.165, 1.54) is 31.6 Å². The number of carbonyl (C=O) groups is 1. The average molecular weight is 621 g/mol. The highest BCUT2D eigenvalue weighted by molar-refractivity contribution is 14.1. The first-order chi connectivity index (χ1) is 16.6. The second-order valence-corrected chi connectivity index (χ2v) is 15.3. The van der Waals surface area contributed by atoms with Crippen LogP contribution in [-0.2, 0) is 23.4 Å². The summed E-state index contributed by atoms with van der Waals surface area (Å²) in [6.07, 6.45) is 10.7. The van der Waals surface area contributed by atoms with E-state index in [1.54, 1.807) is 6.08 Å². The van der Waals surface area contributed by atoms with E-state index < -0.39 is 13.9 Å². The van der Waals surface area contributed by atoms with Crippen molar-refractivity contribution in [2.75, 3.05) is 13.9 Å². The summed E-state index contributed by atoms with van der Waals surface area (Å²) in [5.74, 6) is -0.192. The van der Waals surface area contributed by atoms with E-state index >= 15 is 0 Å². The van der Waals surface area contributed by atoms with Gasteiger partial charge in [0.15, 0.2) is 8.32 Å². The first-order valence-corrected chi connectivity index (χ1v) is 17.1. The molecule has 4 atom stereocenters. The van der Waals surface area contributed by atoms with Crippen LogP contribution in [0.15, 0.2) is 33.5 Å². The summed E-state index contributed by atoms with van der Waals surface area (Å²) in [5.41, 5.74) is 1.59. The minimum Gasteiger partial charge on any atom is -0.466 e. The lowest BCUT2D eigenvalue weighted by Crippen LogP contribution is -2.54. The van der Waals surface area contributed by atoms with Crippen molar-refractivity contribution >= 4 is 36.9 Å². The SMILES string of the molecule is CCCCC[C@@H]1OCO[C@@](C)(/C=C(C)/C=C/C(=O)OC)[C@@H](O[Si](CC)(CC)CC)[C@@H]1C/C(C)=C/I. The Labute approximate surface area is 229 Å². The fourth-order valence-electron chi connectivity index (χ4n) is 4.99. The molecule has 1 heterocycles. The molecule has 0 N–H and O–H groups in total. The van der Waals surface area contributed by atoms with Crippen LogP contribution in [0, 0.1) is 5.92 Å². The molecule has 0 radical (unpaired) electrons. The fourth-order valence-corrected chi connectivity index (χ4v) is 8.19. The summed E-state index contributed by atoms with van der Waals surface area (Å²) in [6.45, 7) is 15.6. The molecular weight excluding hydrogens is 571 g/mol. The third-order valence-electron chi connectivity index (χ3n) is 7.43. The molecule has 1 fully saturated rings. The van der Waals surface area contributed by atoms with Crippen LogP contribution in [0.2, 0.25) is 18.1 Å². The maximum atomic E-state index is 11.7. The third kappa shape index (κ3) is 10.1. The molecule has 0 aromatic carbocycles. The second kappa shape index (κ2) is 16.4. The van der Waals surface area contributed by atoms with E-state index in [2.05, 4.69) is 74.3 Å². The van der Waals surface area contributed by atoms with Gasteiger partial charge in [0.2, 0.25) is 0 Å². The van der Waals surface area contributed by atoms with Gasteiger partial charge >= 0.3 is 5.97 Å². The molecule has 0 amide bonds. The Kier molecular flexibility index (Phi) is 15.2. The number of ether oxygens (including phenoxy) is 3. The van der Waals surface area contributed by atoms with Crippen LogP contribution >= 0.6 is 22.6 Å². The quantitative estimate of drug-likeness (QED) is 0.0491. The Morgan fingerprint density at radius 3 is 2.31 bits per heavy atom. The molecule has 1 aliphatic rings. The minimum atomic E-state index is -1.96. The Bertz CT molecular complexity index is 723. The smallest absolute Gasteiger partial charge is 0.330 e. The van der Waals surface area contributed by atoms with Crippen molar-refractivity contribution in [2.24, 2.45) is 5.92 Å². The van der Waals surface area contributed by atoms with Gasteiger partial charge in [-0.3, -0.25) is 0 Å². The van der Waals surface area contributed by atoms with Crippen LogP contribution in [0.25, 0.3) is 0 Å². The van der Waals surface area contributed by atoms with Gasteiger partial charge in [0.25, 0.3) is 0 Å². The van der Waals surface area contributed by atoms with Crippen molar-refractivity contribution in [1.29, 1.82) is 0 Å². The standard InChI is InChI=1S/C28H49IO5Si/c1-9-13-14-15-25-24(18-23(6)20-29)27(34-35(10-2,11-3)12-4)28(7,33-21-32-25)19-22(5)16-17-26(30)31-8/h16-17,19-20,24-25,27H,9-15,18,21H2,1-8H3/b17-16+,22-19+,23-20+/t24-,25+,27+,28+/m1/s1. The van der Waals surface area contributed by atoms with E-state index in [0.29, 0.717) is 0 Å². The van der Waals surface area contributed by atoms with Gasteiger partial charge in [-0.05, 0) is 61.9 Å². The molecule has 7 heteroatoms. The van der Waals surface area contributed by atoms with Gasteiger partial charge in [-0.25, -0.2) is 4.79 Å². The van der Waals surface area contributed by atoms with Gasteiger partial charge in [0, 0.05) is 12.0 Å². The second-order valence-electron chi connectivity index (χ2n) is 10.00. The maximum Gasteiger partial charge on any atom is 0.330 e. The van der Waals surface area contributed by atoms with Crippen LogP contribution in [-0.4, -0.2) is 46.0 Å². The summed E-state index contributed by atoms with van der Waals surface area (Å²) in [4.78, 5) is 11.7. The summed E-state index contributed by atoms with van der Waals surface area (Å²) in [6, 6.07) is 3.23. The number of allylic oxidation sites excluding steroid dienone is 3. The third-order valence-corrected chi connectivity index (χ3v) is 13.1. The highest BCUT2D eigenvalue weighted by Gasteiger charge is 2.49. The number of hydrogen-bond donors (Lipinski definition) is 0. The first-order valence-electron chi connectivity index (χ1n) is 13.3. The van der Waals surface area contributed by atoms with E-state index in [0.717, 1.165) is 43.0 Å². The van der Waals surface area contributed by atoms with Gasteiger partial charge < -0.3 is 18.6 Å². The maximum absolute atomic E-state index is 11.7. The van der Waals surface area contributed by atoms with E-state index in [1.807, 2.05) is 6.92 Å². The molecule has 0 aromatic heterocycles. The normalized spacial score (nSPS) is 26.7. The van der Waals surface area contributed by atoms with Crippen molar-refractivity contribution < 1.29 is 23.4 Å². The number of rotatable bonds is 14. The zero-order chi connectivity index (χ0) is 26.5. The highest BCUT2D eigenvalue weighted by atomic mass is 127. The van der Waals surface area contributed by atoms with Crippen molar-refractivity contribution in [1.82, 2.24) is 0 Å². The highest BCUT2D eigenvalue weighted by Crippen LogP contribution is 2.41. The van der Waals surface area contributed by atoms with Crippen LogP contribution in [0.3, 0.4) is 0 Å². The molecule has 1 saturated heterocycles. The largest absolute Gasteiger partial charge is 0.466 e. The van der Waals surface area contributed by atoms with Crippen LogP contribution in [0.4, 0.5) is 0 Å². The minimum absolute atomic E-state index is 0.0799. The number of halogens is 1. The van der Waals surface area contributed by atoms with Crippen molar-refractivity contribution in [2.45, 2.75) is 117 Å². The summed E-state index contributed by atoms with van der Waals surface area (Å²) in [5, 5.41) is 0. The van der Waals surface area contributed by atoms with Crippen molar-refractivity contribution in [3.8, 4) is 0 Å². The van der Waals surface area contributed by atoms with Crippen molar-refractivity contribution in [3.05, 3.63) is 33.5 Å². The molecule has 202 valence electrons. The molecule has 0 aromatic rings. The zero-order valence-electron chi connectivity index (χ0n) is 23.3. The van der Waals surface area contributed by atoms with Gasteiger partial charge in [-0.15, -0.1) is 0 Å². The summed E-state index contributed by atoms with van der Waals surface area (Å²) in [7, 11) is -0.570. The van der Waals surface area contributed by atoms with Crippen molar-refractivity contribution in [3.63, 3.8) is 0 Å². The Morgan fingerprint density at radius 1 is 1.11 bits per heavy atom. The number of esters is 1. The topological polar surface area (TPSA) is 54.0 Å². The first kappa shape index (κ1) is 32.5. The van der Waals surface area contributed by atoms with E-state index in [4.69, 9.17) is 18.6 Å². The molecule has 1 aliphatic heterocycles. The van der Waals surface area contributed by atoms with E-state index in [-0.39, 0.29) is 30.9 Å². The lowest BCUT2D eigenvalue weighted by Gasteiger charge is -2.44. The van der Waals surface area contributed by atoms with Gasteiger partial charge in [0.05, 0.1) is 19.3 Å². The van der Waals surface area contributed by atoms with Gasteiger partial charge in [-0.1, -0.05) is 86.8 Å². The Balaban J connectivity index is 3.59. The van der Waals surface area contributed by atoms with Crippen LogP contribution < -0.4 is 0 Å². The molecule has 0 bridgehead atoms. The lowest BCUT2D eigenvalue weighted by molar-refractivity contribution is -0.134. The predicted molar refractivity (Wildman–Crippen MR) is 156 cm³/mol. The Hall–Kier alpha value is -0.483. The summed E-state index contributed by atoms with van der Waals surface area (Å²) < 4.78 is 27.2. The van der Waals surface area contributed by atoms with Crippen LogP contribution in [0.1, 0.15) is 80.6 Å². The molecule has 35 heavy (non-hydrogen) atoms. The molecule has 0 saturated carbocycles. The number of hydrogen-bond acceptors (Lipinski definition) is 5. The van der Waals surface area contributed by atoms with E-state index in [9.17, 15) is 4.79 Å². The molecule has 0 spiro atoms. The number of carbonyl (C=O) groups excluding carboxylic acids is 1. The molecule has 5 nitrogen and oxygen atoms in total. The summed E-state index contributed by atoms with van der Waals surface area (Å²) >= 11 is 2.34. The lowest BCUT2D eigenvalue weighted by atomic mass is 9.79. The monoisotopic (exact) mass is 620 g/mol. The van der Waals surface area contributed by atoms with Gasteiger partial charge in [-0.2, -0.15) is 0 Å². The zero-order valence-corrected chi connectivity index (χ0v) is 26.5. The predicted octanol–water partition coefficient (Wildman–Crippen LogP) is 8.11. The average Bonchev–Trinajstić information content (AvgIpc) is 2.97. The molecule has 0 unspecified atom stereocenters. The van der Waals surface area contributed by atoms with Gasteiger partial charge in [0.1, 0.15) is 12.4 Å². The molecular formula is C28H49IO5Si. The van der Waals surface area contributed by atoms with Crippen LogP contribution in [0.5, 0.6) is 0 Å². The fraction of sp³-hybridized carbons (Fsp3) is 0.750. The molecule has 1 rings (SSSR count).